The maximum atomic E-state index is 11.3. The van der Waals surface area contributed by atoms with Crippen LogP contribution in [0.15, 0.2) is 18.2 Å². The Morgan fingerprint density at radius 1 is 1.13 bits per heavy atom. The molecule has 0 saturated heterocycles. The lowest BCUT2D eigenvalue weighted by molar-refractivity contribution is 0.0597. The maximum Gasteiger partial charge on any atom is 0.338 e. The summed E-state index contributed by atoms with van der Waals surface area (Å²) in [6.45, 7) is 1.39. The number of methoxy groups -OCH3 is 2. The van der Waals surface area contributed by atoms with Gasteiger partial charge in [0.05, 0.1) is 19.8 Å². The molecule has 0 heterocycles. The Hall–Kier alpha value is -1.84. The van der Waals surface area contributed by atoms with Gasteiger partial charge < -0.3 is 9.47 Å². The van der Waals surface area contributed by atoms with Gasteiger partial charge in [0.25, 0.3) is 0 Å². The second-order valence-corrected chi connectivity index (χ2v) is 2.96. The summed E-state index contributed by atoms with van der Waals surface area (Å²) in [4.78, 5) is 22.6. The van der Waals surface area contributed by atoms with Crippen LogP contribution in [-0.2, 0) is 4.74 Å². The summed E-state index contributed by atoms with van der Waals surface area (Å²) in [6, 6.07) is 4.65. The molecule has 0 unspecified atom stereocenters. The molecular weight excluding hydrogens is 196 g/mol. The summed E-state index contributed by atoms with van der Waals surface area (Å²) in [6.07, 6.45) is 0. The van der Waals surface area contributed by atoms with E-state index in [4.69, 9.17) is 4.74 Å². The van der Waals surface area contributed by atoms with E-state index in [1.807, 2.05) is 0 Å². The fraction of sp³-hybridized carbons (Fsp3) is 0.273. The first-order chi connectivity index (χ1) is 7.10. The zero-order valence-electron chi connectivity index (χ0n) is 8.87. The quantitative estimate of drug-likeness (QED) is 0.560. The number of carbonyl (C=O) groups is 2. The van der Waals surface area contributed by atoms with Crippen molar-refractivity contribution in [2.75, 3.05) is 14.2 Å². The molecule has 4 nitrogen and oxygen atoms in total. The van der Waals surface area contributed by atoms with Gasteiger partial charge in [-0.25, -0.2) is 4.79 Å². The van der Waals surface area contributed by atoms with E-state index in [-0.39, 0.29) is 11.3 Å². The molecule has 0 spiro atoms. The molecule has 0 saturated carbocycles. The van der Waals surface area contributed by atoms with Crippen LogP contribution in [0.4, 0.5) is 0 Å². The maximum absolute atomic E-state index is 11.3. The SMILES string of the molecule is COC(=O)c1ccc(OC)cc1C(C)=O. The average molecular weight is 208 g/mol. The van der Waals surface area contributed by atoms with Crippen molar-refractivity contribution < 1.29 is 19.1 Å². The zero-order valence-corrected chi connectivity index (χ0v) is 8.87. The van der Waals surface area contributed by atoms with Crippen LogP contribution in [0, 0.1) is 0 Å². The van der Waals surface area contributed by atoms with Crippen LogP contribution in [0.1, 0.15) is 27.6 Å². The number of hydrogen-bond acceptors (Lipinski definition) is 4. The van der Waals surface area contributed by atoms with Crippen LogP contribution in [0.5, 0.6) is 5.75 Å². The Morgan fingerprint density at radius 2 is 1.80 bits per heavy atom. The molecule has 1 rings (SSSR count). The molecule has 0 atom stereocenters. The first-order valence-electron chi connectivity index (χ1n) is 4.37. The summed E-state index contributed by atoms with van der Waals surface area (Å²) in [5.41, 5.74) is 0.562. The van der Waals surface area contributed by atoms with Crippen molar-refractivity contribution in [3.05, 3.63) is 29.3 Å². The topological polar surface area (TPSA) is 52.6 Å². The molecule has 0 radical (unpaired) electrons. The standard InChI is InChI=1S/C11H12O4/c1-7(12)10-6-8(14-2)4-5-9(10)11(13)15-3/h4-6H,1-3H3. The van der Waals surface area contributed by atoms with Crippen LogP contribution in [0.25, 0.3) is 0 Å². The van der Waals surface area contributed by atoms with E-state index >= 15 is 0 Å². The molecule has 0 N–H and O–H groups in total. The Balaban J connectivity index is 3.27. The van der Waals surface area contributed by atoms with Crippen molar-refractivity contribution in [1.29, 1.82) is 0 Å². The predicted octanol–water partition coefficient (Wildman–Crippen LogP) is 1.68. The van der Waals surface area contributed by atoms with Crippen molar-refractivity contribution in [3.8, 4) is 5.75 Å². The van der Waals surface area contributed by atoms with E-state index in [1.165, 1.54) is 33.3 Å². The number of esters is 1. The van der Waals surface area contributed by atoms with E-state index in [1.54, 1.807) is 6.07 Å². The number of rotatable bonds is 3. The number of benzene rings is 1. The normalized spacial score (nSPS) is 9.53. The largest absolute Gasteiger partial charge is 0.497 e. The van der Waals surface area contributed by atoms with Gasteiger partial charge in [-0.3, -0.25) is 4.79 Å². The lowest BCUT2D eigenvalue weighted by atomic mass is 10.0. The smallest absolute Gasteiger partial charge is 0.338 e. The molecule has 1 aromatic rings. The Kier molecular flexibility index (Phi) is 3.44. The summed E-state index contributed by atoms with van der Waals surface area (Å²) >= 11 is 0. The highest BCUT2D eigenvalue weighted by molar-refractivity contribution is 6.05. The molecule has 4 heteroatoms. The average Bonchev–Trinajstić information content (AvgIpc) is 2.27. The van der Waals surface area contributed by atoms with E-state index in [0.717, 1.165) is 0 Å². The fourth-order valence-corrected chi connectivity index (χ4v) is 1.23. The second-order valence-electron chi connectivity index (χ2n) is 2.96. The lowest BCUT2D eigenvalue weighted by Gasteiger charge is -2.07. The monoisotopic (exact) mass is 208 g/mol. The minimum Gasteiger partial charge on any atom is -0.497 e. The van der Waals surface area contributed by atoms with Gasteiger partial charge in [-0.2, -0.15) is 0 Å². The molecule has 15 heavy (non-hydrogen) atoms. The first kappa shape index (κ1) is 11.2. The van der Waals surface area contributed by atoms with Crippen molar-refractivity contribution in [2.45, 2.75) is 6.92 Å². The van der Waals surface area contributed by atoms with E-state index < -0.39 is 5.97 Å². The highest BCUT2D eigenvalue weighted by Crippen LogP contribution is 2.18. The number of ketones is 1. The van der Waals surface area contributed by atoms with Gasteiger partial charge in [-0.05, 0) is 25.1 Å². The predicted molar refractivity (Wildman–Crippen MR) is 54.3 cm³/mol. The van der Waals surface area contributed by atoms with Gasteiger partial charge in [0, 0.05) is 5.56 Å². The third kappa shape index (κ3) is 2.34. The Bertz CT molecular complexity index is 396. The van der Waals surface area contributed by atoms with Crippen LogP contribution in [-0.4, -0.2) is 26.0 Å². The van der Waals surface area contributed by atoms with Gasteiger partial charge in [-0.1, -0.05) is 0 Å². The van der Waals surface area contributed by atoms with E-state index in [2.05, 4.69) is 4.74 Å². The Labute approximate surface area is 87.8 Å². The molecule has 0 aliphatic rings. The number of Topliss-reactive ketones (excluding diaryl/α,β-unsaturated/α-hetero) is 1. The molecule has 1 aromatic carbocycles. The molecule has 0 aliphatic carbocycles. The molecule has 0 aliphatic heterocycles. The second kappa shape index (κ2) is 4.59. The minimum atomic E-state index is -0.525. The molecule has 80 valence electrons. The van der Waals surface area contributed by atoms with Crippen LogP contribution >= 0.6 is 0 Å². The van der Waals surface area contributed by atoms with Gasteiger partial charge in [0.15, 0.2) is 5.78 Å². The molecule has 0 amide bonds. The van der Waals surface area contributed by atoms with Crippen LogP contribution in [0.3, 0.4) is 0 Å². The molecule has 0 bridgehead atoms. The van der Waals surface area contributed by atoms with Crippen LogP contribution in [0.2, 0.25) is 0 Å². The minimum absolute atomic E-state index is 0.200. The summed E-state index contributed by atoms with van der Waals surface area (Å²) in [5.74, 6) is -0.190. The van der Waals surface area contributed by atoms with Crippen molar-refractivity contribution >= 4 is 11.8 Å². The Morgan fingerprint density at radius 3 is 2.27 bits per heavy atom. The third-order valence-electron chi connectivity index (χ3n) is 2.01. The van der Waals surface area contributed by atoms with Gasteiger partial charge in [-0.15, -0.1) is 0 Å². The van der Waals surface area contributed by atoms with Crippen LogP contribution < -0.4 is 4.74 Å². The summed E-state index contributed by atoms with van der Waals surface area (Å²) in [5, 5.41) is 0. The molecule has 0 aromatic heterocycles. The summed E-state index contributed by atoms with van der Waals surface area (Å²) < 4.78 is 9.54. The van der Waals surface area contributed by atoms with Crippen molar-refractivity contribution in [2.24, 2.45) is 0 Å². The highest BCUT2D eigenvalue weighted by Gasteiger charge is 2.15. The van der Waals surface area contributed by atoms with E-state index in [9.17, 15) is 9.59 Å². The zero-order chi connectivity index (χ0) is 11.4. The van der Waals surface area contributed by atoms with Gasteiger partial charge in [0.2, 0.25) is 0 Å². The number of hydrogen-bond donors (Lipinski definition) is 0. The van der Waals surface area contributed by atoms with E-state index in [0.29, 0.717) is 11.3 Å². The van der Waals surface area contributed by atoms with Crippen molar-refractivity contribution in [1.82, 2.24) is 0 Å². The highest BCUT2D eigenvalue weighted by atomic mass is 16.5. The van der Waals surface area contributed by atoms with Gasteiger partial charge >= 0.3 is 5.97 Å². The lowest BCUT2D eigenvalue weighted by Crippen LogP contribution is -2.08. The molecule has 0 fully saturated rings. The van der Waals surface area contributed by atoms with Gasteiger partial charge in [0.1, 0.15) is 5.75 Å². The third-order valence-corrected chi connectivity index (χ3v) is 2.01. The van der Waals surface area contributed by atoms with Crippen molar-refractivity contribution in [3.63, 3.8) is 0 Å². The fourth-order valence-electron chi connectivity index (χ4n) is 1.23. The first-order valence-corrected chi connectivity index (χ1v) is 4.37. The number of carbonyl (C=O) groups excluding carboxylic acids is 2. The summed E-state index contributed by atoms with van der Waals surface area (Å²) in [7, 11) is 2.77. The number of ether oxygens (including phenoxy) is 2. The molecular formula is C11H12O4.